The molecule has 2 aromatic rings. The lowest BCUT2D eigenvalue weighted by atomic mass is 9.92. The number of ether oxygens (including phenoxy) is 2. The second kappa shape index (κ2) is 14.2. The zero-order valence-corrected chi connectivity index (χ0v) is 23.1. The number of primary amides is 1. The molecule has 0 aliphatic carbocycles. The number of carbonyl (C=O) groups is 1. The molecule has 1 aliphatic rings. The molecule has 2 heterocycles. The highest BCUT2D eigenvalue weighted by Crippen LogP contribution is 2.37. The van der Waals surface area contributed by atoms with E-state index < -0.39 is 47.5 Å². The highest BCUT2D eigenvalue weighted by Gasteiger charge is 2.33. The first-order chi connectivity index (χ1) is 19.0. The average Bonchev–Trinajstić information content (AvgIpc) is 3.36. The highest BCUT2D eigenvalue weighted by atomic mass is 32.2. The fraction of sp³-hybridized carbons (Fsp3) is 0.542. The van der Waals surface area contributed by atoms with Crippen LogP contribution in [0.1, 0.15) is 40.2 Å². The number of hydrogen-bond donors (Lipinski definition) is 1. The minimum Gasteiger partial charge on any atom is -0.365 e. The Hall–Kier alpha value is -2.84. The molecule has 1 aromatic heterocycles. The van der Waals surface area contributed by atoms with E-state index in [0.29, 0.717) is 17.2 Å². The van der Waals surface area contributed by atoms with Crippen molar-refractivity contribution in [2.45, 2.75) is 43.4 Å². The lowest BCUT2D eigenvalue weighted by molar-refractivity contribution is -0.139. The van der Waals surface area contributed by atoms with Crippen molar-refractivity contribution >= 4 is 32.2 Å². The van der Waals surface area contributed by atoms with Gasteiger partial charge in [-0.25, -0.2) is 13.4 Å². The van der Waals surface area contributed by atoms with Crippen LogP contribution in [0.15, 0.2) is 29.2 Å². The average molecular weight is 608 g/mol. The van der Waals surface area contributed by atoms with Crippen LogP contribution in [-0.4, -0.2) is 88.6 Å². The number of halogens is 4. The van der Waals surface area contributed by atoms with Crippen LogP contribution in [0.5, 0.6) is 0 Å². The lowest BCUT2D eigenvalue weighted by Gasteiger charge is -2.41. The van der Waals surface area contributed by atoms with Gasteiger partial charge in [0.15, 0.2) is 15.0 Å². The van der Waals surface area contributed by atoms with Crippen LogP contribution in [-0.2, 0) is 19.3 Å². The van der Waals surface area contributed by atoms with Crippen LogP contribution in [0.2, 0.25) is 0 Å². The maximum absolute atomic E-state index is 12.9. The van der Waals surface area contributed by atoms with Crippen molar-refractivity contribution in [2.24, 2.45) is 5.73 Å². The van der Waals surface area contributed by atoms with Crippen molar-refractivity contribution in [3.8, 4) is 6.07 Å². The van der Waals surface area contributed by atoms with Crippen molar-refractivity contribution in [2.75, 3.05) is 50.0 Å². The van der Waals surface area contributed by atoms with Crippen molar-refractivity contribution < 1.29 is 40.2 Å². The summed E-state index contributed by atoms with van der Waals surface area (Å²) in [5.74, 6) is -1.60. The molecule has 2 N–H and O–H groups in total. The molecule has 3 rings (SSSR count). The van der Waals surface area contributed by atoms with Crippen LogP contribution in [0.4, 0.5) is 22.7 Å². The third-order valence-electron chi connectivity index (χ3n) is 6.39. The molecule has 0 radical (unpaired) electrons. The van der Waals surface area contributed by atoms with Crippen LogP contribution in [0.25, 0.3) is 0 Å². The number of nitrogens with zero attached hydrogens (tertiary/aromatic N) is 4. The Bertz CT molecular complexity index is 1290. The summed E-state index contributed by atoms with van der Waals surface area (Å²) in [6, 6.07) is 7.33. The van der Waals surface area contributed by atoms with Gasteiger partial charge in [-0.05, 0) is 17.7 Å². The van der Waals surface area contributed by atoms with Crippen LogP contribution in [0.3, 0.4) is 0 Å². The van der Waals surface area contributed by atoms with Gasteiger partial charge in [0.25, 0.3) is 5.91 Å². The summed E-state index contributed by atoms with van der Waals surface area (Å²) in [6.45, 7) is -4.14. The van der Waals surface area contributed by atoms with Gasteiger partial charge in [0.2, 0.25) is 0 Å². The summed E-state index contributed by atoms with van der Waals surface area (Å²) in [7, 11) is -3.46. The number of thiazole rings is 1. The SMILES string of the molecule is CCS(=O)(=O)c1ccc([C@H](CC#N)c2nc(N3CCN(CCOC(F)F)C[C@H]3COC(F)F)sc2C(N)=O)cc1. The molecular weight excluding hydrogens is 578 g/mol. The Morgan fingerprint density at radius 1 is 1.20 bits per heavy atom. The first kappa shape index (κ1) is 31.7. The number of nitriles is 1. The molecule has 0 spiro atoms. The predicted molar refractivity (Wildman–Crippen MR) is 138 cm³/mol. The number of rotatable bonds is 14. The van der Waals surface area contributed by atoms with Gasteiger partial charge < -0.3 is 20.1 Å². The van der Waals surface area contributed by atoms with E-state index in [2.05, 4.69) is 20.5 Å². The van der Waals surface area contributed by atoms with Gasteiger partial charge in [0.05, 0.1) is 41.7 Å². The number of amides is 1. The number of alkyl halides is 4. The Kier molecular flexibility index (Phi) is 11.2. The summed E-state index contributed by atoms with van der Waals surface area (Å²) in [5.41, 5.74) is 6.40. The van der Waals surface area contributed by atoms with Gasteiger partial charge in [-0.3, -0.25) is 9.69 Å². The van der Waals surface area contributed by atoms with Crippen LogP contribution in [0, 0.1) is 11.3 Å². The van der Waals surface area contributed by atoms with Crippen molar-refractivity contribution in [3.63, 3.8) is 0 Å². The summed E-state index contributed by atoms with van der Waals surface area (Å²) in [5, 5.41) is 9.81. The van der Waals surface area contributed by atoms with Crippen LogP contribution >= 0.6 is 11.3 Å². The number of aromatic nitrogens is 1. The van der Waals surface area contributed by atoms with Gasteiger partial charge in [-0.15, -0.1) is 0 Å². The van der Waals surface area contributed by atoms with Gasteiger partial charge >= 0.3 is 13.2 Å². The summed E-state index contributed by atoms with van der Waals surface area (Å²) in [4.78, 5) is 20.7. The third kappa shape index (κ3) is 8.10. The van der Waals surface area contributed by atoms with Crippen molar-refractivity contribution in [1.82, 2.24) is 9.88 Å². The fourth-order valence-corrected chi connectivity index (χ4v) is 6.33. The zero-order valence-electron chi connectivity index (χ0n) is 21.5. The summed E-state index contributed by atoms with van der Waals surface area (Å²) in [6.07, 6.45) is -0.0981. The summed E-state index contributed by atoms with van der Waals surface area (Å²) >= 11 is 0.945. The topological polar surface area (TPSA) is 139 Å². The maximum Gasteiger partial charge on any atom is 0.345 e. The first-order valence-electron chi connectivity index (χ1n) is 12.3. The normalized spacial score (nSPS) is 17.4. The number of benzene rings is 1. The van der Waals surface area contributed by atoms with E-state index in [1.54, 1.807) is 21.9 Å². The number of anilines is 1. The first-order valence-corrected chi connectivity index (χ1v) is 14.7. The minimum absolute atomic E-state index is 0.0711. The van der Waals surface area contributed by atoms with E-state index in [9.17, 15) is 36.0 Å². The van der Waals surface area contributed by atoms with Crippen molar-refractivity contribution in [3.05, 3.63) is 40.4 Å². The smallest absolute Gasteiger partial charge is 0.345 e. The van der Waals surface area contributed by atoms with E-state index in [4.69, 9.17) is 5.73 Å². The molecule has 10 nitrogen and oxygen atoms in total. The molecule has 1 aliphatic heterocycles. The molecule has 220 valence electrons. The van der Waals surface area contributed by atoms with E-state index in [1.165, 1.54) is 19.1 Å². The van der Waals surface area contributed by atoms with E-state index in [-0.39, 0.29) is 53.9 Å². The molecule has 1 saturated heterocycles. The van der Waals surface area contributed by atoms with E-state index >= 15 is 0 Å². The number of hydrogen-bond acceptors (Lipinski definition) is 10. The molecule has 2 atom stereocenters. The Morgan fingerprint density at radius 3 is 2.45 bits per heavy atom. The Morgan fingerprint density at radius 2 is 1.88 bits per heavy atom. The molecule has 1 amide bonds. The standard InChI is InChI=1S/C24H29F4N5O5S2/c1-2-40(35,36)17-5-3-15(4-6-17)18(7-8-29)19-20(21(30)34)39-24(31-19)33-10-9-32(11-12-37-22(25)26)13-16(33)14-38-23(27)28/h3-6,16,18,22-23H,2,7,9-14H2,1H3,(H2,30,34)/t16-,18-/m0/s1. The lowest BCUT2D eigenvalue weighted by Crippen LogP contribution is -2.56. The quantitative estimate of drug-likeness (QED) is 0.321. The third-order valence-corrected chi connectivity index (χ3v) is 9.26. The van der Waals surface area contributed by atoms with Gasteiger partial charge in [0, 0.05) is 38.5 Å². The number of carbonyl (C=O) groups excluding carboxylic acids is 1. The molecule has 16 heteroatoms. The maximum atomic E-state index is 12.9. The molecular formula is C24H29F4N5O5S2. The molecule has 0 unspecified atom stereocenters. The summed E-state index contributed by atoms with van der Waals surface area (Å²) < 4.78 is 83.7. The Labute approximate surface area is 233 Å². The molecule has 40 heavy (non-hydrogen) atoms. The molecule has 0 saturated carbocycles. The fourth-order valence-electron chi connectivity index (χ4n) is 4.37. The predicted octanol–water partition coefficient (Wildman–Crippen LogP) is 3.05. The Balaban J connectivity index is 1.93. The molecule has 0 bridgehead atoms. The second-order valence-corrected chi connectivity index (χ2v) is 12.1. The van der Waals surface area contributed by atoms with Gasteiger partial charge in [-0.2, -0.15) is 22.8 Å². The highest BCUT2D eigenvalue weighted by molar-refractivity contribution is 7.91. The van der Waals surface area contributed by atoms with E-state index in [1.807, 2.05) is 0 Å². The number of nitrogens with two attached hydrogens (primary N) is 1. The minimum atomic E-state index is -3.46. The van der Waals surface area contributed by atoms with Crippen molar-refractivity contribution in [1.29, 1.82) is 5.26 Å². The monoisotopic (exact) mass is 607 g/mol. The number of piperazine rings is 1. The van der Waals surface area contributed by atoms with Gasteiger partial charge in [0.1, 0.15) is 4.88 Å². The number of sulfone groups is 1. The van der Waals surface area contributed by atoms with Gasteiger partial charge in [-0.1, -0.05) is 30.4 Å². The van der Waals surface area contributed by atoms with Crippen LogP contribution < -0.4 is 10.6 Å². The second-order valence-electron chi connectivity index (χ2n) is 8.84. The largest absolute Gasteiger partial charge is 0.365 e. The molecule has 1 aromatic carbocycles. The zero-order chi connectivity index (χ0) is 29.4. The van der Waals surface area contributed by atoms with E-state index in [0.717, 1.165) is 11.3 Å². The molecule has 1 fully saturated rings.